The van der Waals surface area contributed by atoms with Gasteiger partial charge in [-0.2, -0.15) is 0 Å². The Bertz CT molecular complexity index is 1280. The molecule has 152 valence electrons. The van der Waals surface area contributed by atoms with Crippen molar-refractivity contribution >= 4 is 45.4 Å². The summed E-state index contributed by atoms with van der Waals surface area (Å²) < 4.78 is 41.7. The van der Waals surface area contributed by atoms with Crippen LogP contribution in [0.5, 0.6) is 0 Å². The van der Waals surface area contributed by atoms with Gasteiger partial charge >= 0.3 is 0 Å². The molecule has 4 rings (SSSR count). The van der Waals surface area contributed by atoms with E-state index in [1.165, 1.54) is 12.1 Å². The van der Waals surface area contributed by atoms with Crippen LogP contribution in [0, 0.1) is 5.82 Å². The maximum absolute atomic E-state index is 13.9. The largest absolute Gasteiger partial charge is 0.324 e. The first-order chi connectivity index (χ1) is 14.4. The Hall–Kier alpha value is -3.23. The second-order valence-electron chi connectivity index (χ2n) is 6.40. The average molecular weight is 443 g/mol. The van der Waals surface area contributed by atoms with Crippen molar-refractivity contribution in [3.8, 4) is 0 Å². The third-order valence-electron chi connectivity index (χ3n) is 4.39. The number of para-hydroxylation sites is 1. The minimum absolute atomic E-state index is 0.0518. The van der Waals surface area contributed by atoms with E-state index in [9.17, 15) is 12.8 Å². The number of nitrogens with one attached hydrogen (secondary N) is 2. The number of aromatic nitrogens is 1. The van der Waals surface area contributed by atoms with Gasteiger partial charge in [0, 0.05) is 11.8 Å². The summed E-state index contributed by atoms with van der Waals surface area (Å²) in [5, 5.41) is 3.44. The highest BCUT2D eigenvalue weighted by Gasteiger charge is 2.27. The Morgan fingerprint density at radius 1 is 1.03 bits per heavy atom. The molecule has 0 radical (unpaired) electrons. The highest BCUT2D eigenvalue weighted by molar-refractivity contribution is 7.90. The SMILES string of the molecule is O=S1(=O)NC(=NCc2ncccc2Cl)Nc2c(C=Cc3ccccc3F)cccc21. The average Bonchev–Trinajstić information content (AvgIpc) is 2.72. The number of aliphatic imine (C=N–C) groups is 1. The third kappa shape index (κ3) is 4.19. The number of nitrogens with zero attached hydrogens (tertiary/aromatic N) is 2. The zero-order valence-corrected chi connectivity index (χ0v) is 17.1. The lowest BCUT2D eigenvalue weighted by Gasteiger charge is -2.23. The minimum Gasteiger partial charge on any atom is -0.324 e. The zero-order valence-electron chi connectivity index (χ0n) is 15.5. The molecule has 0 fully saturated rings. The van der Waals surface area contributed by atoms with Gasteiger partial charge in [-0.15, -0.1) is 0 Å². The minimum atomic E-state index is -3.82. The Morgan fingerprint density at radius 3 is 2.60 bits per heavy atom. The van der Waals surface area contributed by atoms with E-state index in [4.69, 9.17) is 11.6 Å². The molecule has 0 saturated carbocycles. The van der Waals surface area contributed by atoms with Crippen LogP contribution in [-0.4, -0.2) is 19.4 Å². The van der Waals surface area contributed by atoms with E-state index in [-0.39, 0.29) is 23.2 Å². The van der Waals surface area contributed by atoms with E-state index in [0.717, 1.165) is 0 Å². The van der Waals surface area contributed by atoms with Gasteiger partial charge in [-0.05, 0) is 29.8 Å². The smallest absolute Gasteiger partial charge is 0.266 e. The van der Waals surface area contributed by atoms with E-state index in [1.54, 1.807) is 60.8 Å². The maximum Gasteiger partial charge on any atom is 0.266 e. The van der Waals surface area contributed by atoms with Crippen molar-refractivity contribution in [1.29, 1.82) is 0 Å². The van der Waals surface area contributed by atoms with E-state index in [2.05, 4.69) is 20.0 Å². The maximum atomic E-state index is 13.9. The van der Waals surface area contributed by atoms with Gasteiger partial charge in [0.25, 0.3) is 10.0 Å². The molecule has 1 aromatic heterocycles. The molecule has 2 heterocycles. The number of sulfonamides is 1. The number of hydrogen-bond acceptors (Lipinski definition) is 4. The van der Waals surface area contributed by atoms with Crippen molar-refractivity contribution in [2.75, 3.05) is 5.32 Å². The summed E-state index contributed by atoms with van der Waals surface area (Å²) in [7, 11) is -3.82. The molecule has 9 heteroatoms. The Kier molecular flexibility index (Phi) is 5.52. The number of hydrogen-bond donors (Lipinski definition) is 2. The number of pyridine rings is 1. The molecular weight excluding hydrogens is 427 g/mol. The van der Waals surface area contributed by atoms with Gasteiger partial charge in [0.05, 0.1) is 22.9 Å². The topological polar surface area (TPSA) is 83.5 Å². The highest BCUT2D eigenvalue weighted by Crippen LogP contribution is 2.30. The summed E-state index contributed by atoms with van der Waals surface area (Å²) in [6.45, 7) is 0.0904. The van der Waals surface area contributed by atoms with Gasteiger partial charge in [0.1, 0.15) is 10.7 Å². The Labute approximate surface area is 178 Å². The lowest BCUT2D eigenvalue weighted by atomic mass is 10.1. The summed E-state index contributed by atoms with van der Waals surface area (Å²) in [5.74, 6) is -0.314. The van der Waals surface area contributed by atoms with Crippen LogP contribution in [0.25, 0.3) is 12.2 Å². The summed E-state index contributed by atoms with van der Waals surface area (Å²) in [4.78, 5) is 8.48. The van der Waals surface area contributed by atoms with Crippen LogP contribution in [0.1, 0.15) is 16.8 Å². The van der Waals surface area contributed by atoms with E-state index in [1.807, 2.05) is 0 Å². The van der Waals surface area contributed by atoms with Crippen LogP contribution in [0.2, 0.25) is 5.02 Å². The van der Waals surface area contributed by atoms with Gasteiger partial charge in [-0.1, -0.05) is 54.1 Å². The molecular formula is C21H16ClFN4O2S. The van der Waals surface area contributed by atoms with Gasteiger partial charge in [0.2, 0.25) is 5.96 Å². The number of fused-ring (bicyclic) bond motifs is 1. The standard InChI is InChI=1S/C21H16ClFN4O2S/c22-16-7-4-12-24-18(16)13-25-21-26-20-15(6-3-9-19(20)30(28,29)27-21)11-10-14-5-1-2-8-17(14)23/h1-12H,13H2,(H2,25,26,27). The van der Waals surface area contributed by atoms with Crippen molar-refractivity contribution in [1.82, 2.24) is 9.71 Å². The highest BCUT2D eigenvalue weighted by atomic mass is 35.5. The number of benzene rings is 2. The number of halogens is 2. The van der Waals surface area contributed by atoms with Crippen LogP contribution in [0.15, 0.2) is 70.7 Å². The van der Waals surface area contributed by atoms with Gasteiger partial charge in [0.15, 0.2) is 0 Å². The fourth-order valence-electron chi connectivity index (χ4n) is 2.92. The Balaban J connectivity index is 1.68. The third-order valence-corrected chi connectivity index (χ3v) is 6.12. The van der Waals surface area contributed by atoms with Crippen molar-refractivity contribution in [2.24, 2.45) is 4.99 Å². The normalized spacial score (nSPS) is 16.1. The fourth-order valence-corrected chi connectivity index (χ4v) is 4.28. The molecule has 2 N–H and O–H groups in total. The van der Waals surface area contributed by atoms with Gasteiger partial charge < -0.3 is 5.32 Å². The lowest BCUT2D eigenvalue weighted by Crippen LogP contribution is -2.41. The lowest BCUT2D eigenvalue weighted by molar-refractivity contribution is 0.591. The molecule has 6 nitrogen and oxygen atoms in total. The molecule has 2 aromatic carbocycles. The van der Waals surface area contributed by atoms with Crippen LogP contribution >= 0.6 is 11.6 Å². The number of guanidine groups is 1. The van der Waals surface area contributed by atoms with Gasteiger partial charge in [-0.3, -0.25) is 4.98 Å². The first-order valence-corrected chi connectivity index (χ1v) is 10.8. The molecule has 3 aromatic rings. The molecule has 0 bridgehead atoms. The summed E-state index contributed by atoms with van der Waals surface area (Å²) in [6, 6.07) is 14.5. The molecule has 1 aliphatic rings. The predicted molar refractivity (Wildman–Crippen MR) is 116 cm³/mol. The monoisotopic (exact) mass is 442 g/mol. The summed E-state index contributed by atoms with van der Waals surface area (Å²) in [6.07, 6.45) is 4.82. The van der Waals surface area contributed by atoms with E-state index in [0.29, 0.717) is 27.5 Å². The molecule has 30 heavy (non-hydrogen) atoms. The Morgan fingerprint density at radius 2 is 1.80 bits per heavy atom. The molecule has 0 saturated heterocycles. The van der Waals surface area contributed by atoms with E-state index < -0.39 is 10.0 Å². The molecule has 0 aliphatic carbocycles. The molecule has 0 unspecified atom stereocenters. The van der Waals surface area contributed by atoms with Crippen LogP contribution in [-0.2, 0) is 16.6 Å². The molecule has 0 atom stereocenters. The van der Waals surface area contributed by atoms with Crippen LogP contribution < -0.4 is 10.0 Å². The second kappa shape index (κ2) is 8.25. The zero-order chi connectivity index (χ0) is 21.1. The number of rotatable bonds is 4. The van der Waals surface area contributed by atoms with Gasteiger partial charge in [-0.25, -0.2) is 22.5 Å². The van der Waals surface area contributed by atoms with Crippen molar-refractivity contribution in [2.45, 2.75) is 11.4 Å². The fraction of sp³-hybridized carbons (Fsp3) is 0.0476. The van der Waals surface area contributed by atoms with Crippen LogP contribution in [0.4, 0.5) is 10.1 Å². The first kappa shape index (κ1) is 20.1. The predicted octanol–water partition coefficient (Wildman–Crippen LogP) is 4.30. The molecule has 0 spiro atoms. The van der Waals surface area contributed by atoms with Crippen molar-refractivity contribution in [3.63, 3.8) is 0 Å². The molecule has 0 amide bonds. The summed E-state index contributed by atoms with van der Waals surface area (Å²) >= 11 is 6.09. The summed E-state index contributed by atoms with van der Waals surface area (Å²) in [5.41, 5.74) is 1.84. The first-order valence-electron chi connectivity index (χ1n) is 8.93. The van der Waals surface area contributed by atoms with Crippen LogP contribution in [0.3, 0.4) is 0 Å². The van der Waals surface area contributed by atoms with E-state index >= 15 is 0 Å². The molecule has 1 aliphatic heterocycles. The quantitative estimate of drug-likeness (QED) is 0.590. The van der Waals surface area contributed by atoms with Crippen molar-refractivity contribution in [3.05, 3.63) is 88.5 Å². The van der Waals surface area contributed by atoms with Crippen molar-refractivity contribution < 1.29 is 12.8 Å². The second-order valence-corrected chi connectivity index (χ2v) is 8.46. The number of anilines is 1.